The Hall–Kier alpha value is -0.710. The van der Waals surface area contributed by atoms with Gasteiger partial charge >= 0.3 is 0 Å². The van der Waals surface area contributed by atoms with Crippen molar-refractivity contribution < 1.29 is 8.78 Å². The summed E-state index contributed by atoms with van der Waals surface area (Å²) in [6, 6.07) is 4.72. The molecule has 1 fully saturated rings. The van der Waals surface area contributed by atoms with Gasteiger partial charge in [0.2, 0.25) is 0 Å². The number of benzene rings is 1. The van der Waals surface area contributed by atoms with E-state index in [1.54, 1.807) is 12.1 Å². The molecule has 0 saturated carbocycles. The Labute approximate surface area is 113 Å². The van der Waals surface area contributed by atoms with Crippen LogP contribution in [0.5, 0.6) is 0 Å². The van der Waals surface area contributed by atoms with Crippen LogP contribution in [0.15, 0.2) is 18.2 Å². The van der Waals surface area contributed by atoms with Crippen molar-refractivity contribution in [2.45, 2.75) is 25.9 Å². The van der Waals surface area contributed by atoms with Crippen molar-refractivity contribution in [2.24, 2.45) is 11.7 Å². The Morgan fingerprint density at radius 1 is 1.39 bits per heavy atom. The highest BCUT2D eigenvalue weighted by atomic mass is 35.5. The second-order valence-corrected chi connectivity index (χ2v) is 4.83. The molecular formula is C13H19ClF2N2. The van der Waals surface area contributed by atoms with Gasteiger partial charge in [0, 0.05) is 24.7 Å². The van der Waals surface area contributed by atoms with Gasteiger partial charge in [-0.2, -0.15) is 0 Å². The van der Waals surface area contributed by atoms with Gasteiger partial charge in [0.15, 0.2) is 11.6 Å². The summed E-state index contributed by atoms with van der Waals surface area (Å²) in [6.07, 6.45) is 1.04. The molecule has 0 aliphatic carbocycles. The number of rotatable bonds is 3. The minimum atomic E-state index is -0.773. The molecule has 18 heavy (non-hydrogen) atoms. The summed E-state index contributed by atoms with van der Waals surface area (Å²) >= 11 is 0. The highest BCUT2D eigenvalue weighted by molar-refractivity contribution is 5.85. The molecule has 2 atom stereocenters. The smallest absolute Gasteiger partial charge is 0.163 e. The predicted molar refractivity (Wildman–Crippen MR) is 70.6 cm³/mol. The molecule has 2 unspecified atom stereocenters. The van der Waals surface area contributed by atoms with Crippen LogP contribution in [-0.4, -0.2) is 24.0 Å². The van der Waals surface area contributed by atoms with Gasteiger partial charge in [-0.25, -0.2) is 8.78 Å². The fourth-order valence-electron chi connectivity index (χ4n) is 2.50. The second kappa shape index (κ2) is 6.45. The van der Waals surface area contributed by atoms with Gasteiger partial charge in [-0.3, -0.25) is 4.90 Å². The third kappa shape index (κ3) is 3.19. The molecule has 2 N–H and O–H groups in total. The van der Waals surface area contributed by atoms with Crippen LogP contribution in [0.2, 0.25) is 0 Å². The number of hydrogen-bond acceptors (Lipinski definition) is 2. The molecule has 0 radical (unpaired) electrons. The summed E-state index contributed by atoms with van der Waals surface area (Å²) in [5.41, 5.74) is 6.07. The van der Waals surface area contributed by atoms with E-state index in [-0.39, 0.29) is 12.4 Å². The Morgan fingerprint density at radius 2 is 2.11 bits per heavy atom. The van der Waals surface area contributed by atoms with Gasteiger partial charge in [-0.15, -0.1) is 12.4 Å². The first kappa shape index (κ1) is 15.3. The molecule has 0 bridgehead atoms. The topological polar surface area (TPSA) is 29.3 Å². The molecule has 1 aromatic rings. The van der Waals surface area contributed by atoms with E-state index < -0.39 is 11.6 Å². The fraction of sp³-hybridized carbons (Fsp3) is 0.538. The Bertz CT molecular complexity index is 401. The second-order valence-electron chi connectivity index (χ2n) is 4.83. The molecule has 2 rings (SSSR count). The lowest BCUT2D eigenvalue weighted by Gasteiger charge is -2.21. The molecule has 2 nitrogen and oxygen atoms in total. The third-order valence-electron chi connectivity index (χ3n) is 3.53. The summed E-state index contributed by atoms with van der Waals surface area (Å²) in [5, 5.41) is 0. The van der Waals surface area contributed by atoms with Crippen molar-refractivity contribution in [3.8, 4) is 0 Å². The average Bonchev–Trinajstić information content (AvgIpc) is 2.66. The monoisotopic (exact) mass is 276 g/mol. The zero-order chi connectivity index (χ0) is 12.4. The molecule has 102 valence electrons. The normalized spacial score (nSPS) is 24.0. The van der Waals surface area contributed by atoms with Crippen molar-refractivity contribution in [1.29, 1.82) is 0 Å². The molecule has 1 aliphatic rings. The number of hydrogen-bond donors (Lipinski definition) is 1. The van der Waals surface area contributed by atoms with Gasteiger partial charge in [-0.05, 0) is 31.9 Å². The zero-order valence-electron chi connectivity index (χ0n) is 10.4. The fourth-order valence-corrected chi connectivity index (χ4v) is 2.50. The van der Waals surface area contributed by atoms with Gasteiger partial charge in [0.05, 0.1) is 0 Å². The summed E-state index contributed by atoms with van der Waals surface area (Å²) in [5.74, 6) is -1.03. The molecule has 0 amide bonds. The Kier molecular flexibility index (Phi) is 5.50. The minimum Gasteiger partial charge on any atom is -0.330 e. The van der Waals surface area contributed by atoms with Crippen LogP contribution in [0.4, 0.5) is 8.78 Å². The quantitative estimate of drug-likeness (QED) is 0.919. The molecule has 1 aromatic carbocycles. The van der Waals surface area contributed by atoms with E-state index in [0.717, 1.165) is 19.0 Å². The SMILES string of the molecule is CC1CC(CN)CN1Cc1cccc(F)c1F.Cl. The maximum Gasteiger partial charge on any atom is 0.163 e. The van der Waals surface area contributed by atoms with Crippen LogP contribution in [0.25, 0.3) is 0 Å². The molecule has 1 heterocycles. The van der Waals surface area contributed by atoms with Gasteiger partial charge in [0.25, 0.3) is 0 Å². The number of likely N-dealkylation sites (tertiary alicyclic amines) is 1. The molecule has 0 aromatic heterocycles. The van der Waals surface area contributed by atoms with Crippen molar-refractivity contribution in [3.05, 3.63) is 35.4 Å². The van der Waals surface area contributed by atoms with Gasteiger partial charge < -0.3 is 5.73 Å². The average molecular weight is 277 g/mol. The van der Waals surface area contributed by atoms with Crippen LogP contribution in [-0.2, 0) is 6.54 Å². The van der Waals surface area contributed by atoms with E-state index in [4.69, 9.17) is 5.73 Å². The van der Waals surface area contributed by atoms with Crippen molar-refractivity contribution in [1.82, 2.24) is 4.90 Å². The van der Waals surface area contributed by atoms with E-state index in [2.05, 4.69) is 11.8 Å². The third-order valence-corrected chi connectivity index (χ3v) is 3.53. The predicted octanol–water partition coefficient (Wildman–Crippen LogP) is 2.56. The van der Waals surface area contributed by atoms with E-state index in [9.17, 15) is 8.78 Å². The number of nitrogens with two attached hydrogens (primary N) is 1. The molecule has 1 aliphatic heterocycles. The highest BCUT2D eigenvalue weighted by Crippen LogP contribution is 2.25. The maximum atomic E-state index is 13.5. The van der Waals surface area contributed by atoms with E-state index >= 15 is 0 Å². The number of halogens is 3. The summed E-state index contributed by atoms with van der Waals surface area (Å²) in [4.78, 5) is 2.16. The van der Waals surface area contributed by atoms with Gasteiger partial charge in [-0.1, -0.05) is 12.1 Å². The van der Waals surface area contributed by atoms with Crippen LogP contribution >= 0.6 is 12.4 Å². The van der Waals surface area contributed by atoms with Crippen LogP contribution in [0, 0.1) is 17.6 Å². The number of nitrogens with zero attached hydrogens (tertiary/aromatic N) is 1. The molecular weight excluding hydrogens is 258 g/mol. The van der Waals surface area contributed by atoms with Crippen molar-refractivity contribution in [3.63, 3.8) is 0 Å². The summed E-state index contributed by atoms with van der Waals surface area (Å²) in [6.45, 7) is 4.09. The Morgan fingerprint density at radius 3 is 2.72 bits per heavy atom. The Balaban J connectivity index is 0.00000162. The standard InChI is InChI=1S/C13H18F2N2.ClH/c1-9-5-10(6-16)7-17(9)8-11-3-2-4-12(14)13(11)15;/h2-4,9-10H,5-8,16H2,1H3;1H. The first-order chi connectivity index (χ1) is 8.11. The van der Waals surface area contributed by atoms with E-state index in [1.165, 1.54) is 0 Å². The van der Waals surface area contributed by atoms with Crippen LogP contribution < -0.4 is 5.73 Å². The lowest BCUT2D eigenvalue weighted by molar-refractivity contribution is 0.251. The first-order valence-corrected chi connectivity index (χ1v) is 5.98. The van der Waals surface area contributed by atoms with E-state index in [1.807, 2.05) is 0 Å². The highest BCUT2D eigenvalue weighted by Gasteiger charge is 2.28. The minimum absolute atomic E-state index is 0. The lowest BCUT2D eigenvalue weighted by Crippen LogP contribution is -2.27. The van der Waals surface area contributed by atoms with Crippen molar-refractivity contribution in [2.75, 3.05) is 13.1 Å². The molecule has 5 heteroatoms. The van der Waals surface area contributed by atoms with Crippen LogP contribution in [0.1, 0.15) is 18.9 Å². The molecule has 0 spiro atoms. The zero-order valence-corrected chi connectivity index (χ0v) is 11.2. The maximum absolute atomic E-state index is 13.5. The van der Waals surface area contributed by atoms with Gasteiger partial charge in [0.1, 0.15) is 0 Å². The summed E-state index contributed by atoms with van der Waals surface area (Å²) < 4.78 is 26.6. The first-order valence-electron chi connectivity index (χ1n) is 5.98. The van der Waals surface area contributed by atoms with E-state index in [0.29, 0.717) is 30.6 Å². The van der Waals surface area contributed by atoms with Crippen molar-refractivity contribution >= 4 is 12.4 Å². The molecule has 1 saturated heterocycles. The largest absolute Gasteiger partial charge is 0.330 e. The summed E-state index contributed by atoms with van der Waals surface area (Å²) in [7, 11) is 0. The lowest BCUT2D eigenvalue weighted by atomic mass is 10.1. The van der Waals surface area contributed by atoms with Crippen LogP contribution in [0.3, 0.4) is 0 Å².